The molecule has 0 fully saturated rings. The van der Waals surface area contributed by atoms with Crippen molar-refractivity contribution in [2.75, 3.05) is 18.2 Å². The lowest BCUT2D eigenvalue weighted by molar-refractivity contribution is 0.398. The maximum Gasteiger partial charge on any atom is 0.212 e. The minimum absolute atomic E-state index is 0.244. The van der Waals surface area contributed by atoms with Gasteiger partial charge in [-0.1, -0.05) is 42.5 Å². The zero-order valence-corrected chi connectivity index (χ0v) is 18.3. The van der Waals surface area contributed by atoms with Gasteiger partial charge in [0.15, 0.2) is 0 Å². The van der Waals surface area contributed by atoms with E-state index in [1.54, 1.807) is 19.5 Å². The van der Waals surface area contributed by atoms with Gasteiger partial charge in [-0.2, -0.15) is 0 Å². The number of phenols is 1. The van der Waals surface area contributed by atoms with E-state index < -0.39 is 5.54 Å². The van der Waals surface area contributed by atoms with Gasteiger partial charge >= 0.3 is 0 Å². The Morgan fingerprint density at radius 2 is 1.91 bits per heavy atom. The number of benzene rings is 1. The molecule has 6 nitrogen and oxygen atoms in total. The Kier molecular flexibility index (Phi) is 5.69. The summed E-state index contributed by atoms with van der Waals surface area (Å²) in [6, 6.07) is 9.50. The second-order valence-corrected chi connectivity index (χ2v) is 7.82. The highest BCUT2D eigenvalue weighted by Gasteiger charge is 2.28. The van der Waals surface area contributed by atoms with Crippen LogP contribution in [0.1, 0.15) is 27.8 Å². The molecule has 1 unspecified atom stereocenters. The Bertz CT molecular complexity index is 1230. The topological polar surface area (TPSA) is 93.3 Å². The van der Waals surface area contributed by atoms with Crippen molar-refractivity contribution in [1.82, 2.24) is 9.97 Å². The molecule has 1 atom stereocenters. The lowest BCUT2D eigenvalue weighted by Crippen LogP contribution is -2.34. The molecule has 0 amide bonds. The van der Waals surface area contributed by atoms with Crippen LogP contribution in [0, 0.1) is 13.8 Å². The maximum absolute atomic E-state index is 10.8. The summed E-state index contributed by atoms with van der Waals surface area (Å²) in [6.07, 6.45) is 15.4. The number of pyridine rings is 2. The molecule has 2 aromatic heterocycles. The van der Waals surface area contributed by atoms with Gasteiger partial charge in [0.05, 0.1) is 18.3 Å². The van der Waals surface area contributed by atoms with E-state index >= 15 is 0 Å². The van der Waals surface area contributed by atoms with Crippen LogP contribution in [-0.4, -0.2) is 27.7 Å². The Balaban J connectivity index is 1.77. The second kappa shape index (κ2) is 8.59. The number of nitrogen functional groups attached to an aromatic ring is 1. The molecule has 1 aromatic carbocycles. The molecule has 1 aliphatic heterocycles. The Labute approximate surface area is 187 Å². The summed E-state index contributed by atoms with van der Waals surface area (Å²) in [7, 11) is 1.59. The van der Waals surface area contributed by atoms with E-state index in [0.717, 1.165) is 27.8 Å². The molecular formula is C26H26N4O2. The van der Waals surface area contributed by atoms with Crippen LogP contribution in [0.15, 0.2) is 61.0 Å². The molecule has 6 heteroatoms. The fourth-order valence-corrected chi connectivity index (χ4v) is 3.71. The number of hydrogen-bond acceptors (Lipinski definition) is 6. The van der Waals surface area contributed by atoms with Gasteiger partial charge in [0, 0.05) is 29.6 Å². The van der Waals surface area contributed by atoms with E-state index in [4.69, 9.17) is 10.5 Å². The number of aryl methyl sites for hydroxylation is 2. The number of methoxy groups -OCH3 is 1. The van der Waals surface area contributed by atoms with Crippen LogP contribution >= 0.6 is 0 Å². The van der Waals surface area contributed by atoms with Gasteiger partial charge < -0.3 is 20.9 Å². The highest BCUT2D eigenvalue weighted by atomic mass is 16.5. The van der Waals surface area contributed by atoms with E-state index in [1.165, 1.54) is 0 Å². The van der Waals surface area contributed by atoms with Crippen molar-refractivity contribution in [2.45, 2.75) is 19.4 Å². The first-order valence-electron chi connectivity index (χ1n) is 10.3. The minimum atomic E-state index is -0.701. The fourth-order valence-electron chi connectivity index (χ4n) is 3.71. The molecule has 4 N–H and O–H groups in total. The molecule has 0 aliphatic carbocycles. The van der Waals surface area contributed by atoms with Crippen molar-refractivity contribution in [2.24, 2.45) is 0 Å². The van der Waals surface area contributed by atoms with Gasteiger partial charge in [0.1, 0.15) is 11.6 Å². The van der Waals surface area contributed by atoms with Crippen molar-refractivity contribution < 1.29 is 9.84 Å². The maximum atomic E-state index is 10.8. The van der Waals surface area contributed by atoms with E-state index in [0.29, 0.717) is 17.4 Å². The predicted molar refractivity (Wildman–Crippen MR) is 130 cm³/mol. The highest BCUT2D eigenvalue weighted by Crippen LogP contribution is 2.41. The number of anilines is 2. The highest BCUT2D eigenvalue weighted by molar-refractivity contribution is 5.83. The van der Waals surface area contributed by atoms with Gasteiger partial charge in [0.2, 0.25) is 5.88 Å². The molecule has 0 saturated carbocycles. The quantitative estimate of drug-likeness (QED) is 0.498. The number of rotatable bonds is 5. The summed E-state index contributed by atoms with van der Waals surface area (Å²) in [6.45, 7) is 3.94. The molecular weight excluding hydrogens is 400 g/mol. The van der Waals surface area contributed by atoms with Crippen LogP contribution in [0.5, 0.6) is 11.6 Å². The van der Waals surface area contributed by atoms with Crippen molar-refractivity contribution in [1.29, 1.82) is 0 Å². The first-order valence-corrected chi connectivity index (χ1v) is 10.3. The van der Waals surface area contributed by atoms with Crippen LogP contribution in [0.2, 0.25) is 0 Å². The standard InChI is InChI=1S/C26H26N4O2/c1-17-15-18(2)24(31)23-21(17)10-13-26(30-23,12-9-20-5-4-14-28-25(20)27)11-8-19-6-7-22(32-3)29-16-19/h4-16,30-31H,1-3H3,(H2,27,28)/b11-8+,12-9?. The average Bonchev–Trinajstić information content (AvgIpc) is 2.81. The van der Waals surface area contributed by atoms with Crippen LogP contribution < -0.4 is 15.8 Å². The monoisotopic (exact) mass is 426 g/mol. The number of nitrogens with two attached hydrogens (primary N) is 1. The number of hydrogen-bond donors (Lipinski definition) is 3. The fraction of sp³-hybridized carbons (Fsp3) is 0.154. The zero-order valence-electron chi connectivity index (χ0n) is 18.3. The number of phenolic OH excluding ortho intramolecular Hbond substituents is 1. The number of aromatic nitrogens is 2. The molecule has 0 saturated heterocycles. The number of fused-ring (bicyclic) bond motifs is 1. The summed E-state index contributed by atoms with van der Waals surface area (Å²) in [5, 5.41) is 14.3. The van der Waals surface area contributed by atoms with Crippen LogP contribution in [-0.2, 0) is 0 Å². The van der Waals surface area contributed by atoms with Crippen molar-refractivity contribution in [3.63, 3.8) is 0 Å². The lowest BCUT2D eigenvalue weighted by atomic mass is 9.88. The van der Waals surface area contributed by atoms with Crippen LogP contribution in [0.3, 0.4) is 0 Å². The number of nitrogens with one attached hydrogen (secondary N) is 1. The van der Waals surface area contributed by atoms with Crippen molar-refractivity contribution in [3.05, 3.63) is 88.8 Å². The first-order chi connectivity index (χ1) is 15.4. The molecule has 0 bridgehead atoms. The molecule has 1 aliphatic rings. The van der Waals surface area contributed by atoms with Crippen molar-refractivity contribution in [3.8, 4) is 11.6 Å². The molecule has 0 radical (unpaired) electrons. The van der Waals surface area contributed by atoms with Crippen LogP contribution in [0.25, 0.3) is 18.2 Å². The first kappa shape index (κ1) is 21.2. The number of aromatic hydroxyl groups is 1. The molecule has 0 spiro atoms. The van der Waals surface area contributed by atoms with Gasteiger partial charge in [-0.3, -0.25) is 0 Å². The van der Waals surface area contributed by atoms with Gasteiger partial charge in [-0.25, -0.2) is 9.97 Å². The van der Waals surface area contributed by atoms with Gasteiger partial charge in [0.25, 0.3) is 0 Å². The van der Waals surface area contributed by atoms with Gasteiger partial charge in [-0.15, -0.1) is 0 Å². The largest absolute Gasteiger partial charge is 0.505 e. The second-order valence-electron chi connectivity index (χ2n) is 7.82. The third kappa shape index (κ3) is 4.21. The molecule has 4 rings (SSSR count). The lowest BCUT2D eigenvalue weighted by Gasteiger charge is -2.33. The third-order valence-corrected chi connectivity index (χ3v) is 5.53. The normalized spacial score (nSPS) is 17.5. The van der Waals surface area contributed by atoms with Gasteiger partial charge in [-0.05, 0) is 48.7 Å². The molecule has 162 valence electrons. The van der Waals surface area contributed by atoms with Crippen LogP contribution in [0.4, 0.5) is 11.5 Å². The summed E-state index contributed by atoms with van der Waals surface area (Å²) in [4.78, 5) is 8.43. The summed E-state index contributed by atoms with van der Waals surface area (Å²) in [5.74, 6) is 1.26. The van der Waals surface area contributed by atoms with E-state index in [9.17, 15) is 5.11 Å². The number of ether oxygens (including phenoxy) is 1. The Hall–Kier alpha value is -4.06. The smallest absolute Gasteiger partial charge is 0.212 e. The van der Waals surface area contributed by atoms with E-state index in [2.05, 4.69) is 21.4 Å². The predicted octanol–water partition coefficient (Wildman–Crippen LogP) is 4.99. The Morgan fingerprint density at radius 3 is 2.62 bits per heavy atom. The molecule has 32 heavy (non-hydrogen) atoms. The summed E-state index contributed by atoms with van der Waals surface area (Å²) >= 11 is 0. The summed E-state index contributed by atoms with van der Waals surface area (Å²) < 4.78 is 5.14. The SMILES string of the molecule is COc1ccc(/C=C/C2(C=Cc3cccnc3N)C=Cc3c(C)cc(C)c(O)c3N2)cn1. The molecule has 3 aromatic rings. The average molecular weight is 427 g/mol. The van der Waals surface area contributed by atoms with E-state index in [-0.39, 0.29) is 5.75 Å². The Morgan fingerprint density at radius 1 is 1.09 bits per heavy atom. The van der Waals surface area contributed by atoms with Crippen molar-refractivity contribution >= 4 is 29.7 Å². The minimum Gasteiger partial charge on any atom is -0.505 e. The summed E-state index contributed by atoms with van der Waals surface area (Å²) in [5.41, 5.74) is 10.7. The third-order valence-electron chi connectivity index (χ3n) is 5.53. The van der Waals surface area contributed by atoms with E-state index in [1.807, 2.05) is 74.6 Å². The number of nitrogens with zero attached hydrogens (tertiary/aromatic N) is 2. The zero-order chi connectivity index (χ0) is 22.7. The molecule has 3 heterocycles.